The topological polar surface area (TPSA) is 0 Å². The number of hydrogen-bond acceptors (Lipinski definition) is 0. The summed E-state index contributed by atoms with van der Waals surface area (Å²) < 4.78 is 0. The summed E-state index contributed by atoms with van der Waals surface area (Å²) in [5, 5.41) is 0. The SMILES string of the molecule is CCC1CC12C=C=C=C2. The lowest BCUT2D eigenvalue weighted by Crippen LogP contribution is -1.90. The first kappa shape index (κ1) is 5.11. The largest absolute Gasteiger partial charge is 0.0740 e. The van der Waals surface area contributed by atoms with Crippen molar-refractivity contribution in [3.05, 3.63) is 23.6 Å². The van der Waals surface area contributed by atoms with Gasteiger partial charge in [0.15, 0.2) is 0 Å². The van der Waals surface area contributed by atoms with Gasteiger partial charge in [0.25, 0.3) is 0 Å². The second kappa shape index (κ2) is 1.42. The third-order valence-electron chi connectivity index (χ3n) is 2.46. The van der Waals surface area contributed by atoms with Crippen molar-refractivity contribution in [1.82, 2.24) is 0 Å². The maximum Gasteiger partial charge on any atom is 0.0256 e. The maximum absolute atomic E-state index is 3.01. The Hall–Kier alpha value is -0.700. The lowest BCUT2D eigenvalue weighted by atomic mass is 10.1. The summed E-state index contributed by atoms with van der Waals surface area (Å²) in [5.41, 5.74) is 6.46. The van der Waals surface area contributed by atoms with E-state index in [0.717, 1.165) is 5.92 Å². The van der Waals surface area contributed by atoms with E-state index < -0.39 is 0 Å². The molecule has 2 aliphatic carbocycles. The standard InChI is InChI=1S/C9H10/c1-2-8-7-9(8)5-3-4-6-9/h5-6,8H,2,7H2,1H3. The van der Waals surface area contributed by atoms with Gasteiger partial charge in [-0.2, -0.15) is 0 Å². The molecule has 1 saturated carbocycles. The molecule has 0 radical (unpaired) electrons. The minimum atomic E-state index is 0.439. The van der Waals surface area contributed by atoms with Crippen molar-refractivity contribution in [1.29, 1.82) is 0 Å². The van der Waals surface area contributed by atoms with Crippen LogP contribution in [-0.2, 0) is 0 Å². The molecule has 9 heavy (non-hydrogen) atoms. The fourth-order valence-electron chi connectivity index (χ4n) is 1.64. The van der Waals surface area contributed by atoms with Crippen molar-refractivity contribution in [2.24, 2.45) is 11.3 Å². The summed E-state index contributed by atoms with van der Waals surface area (Å²) in [7, 11) is 0. The molecule has 0 aromatic heterocycles. The van der Waals surface area contributed by atoms with E-state index in [2.05, 4.69) is 30.5 Å². The third kappa shape index (κ3) is 0.551. The quantitative estimate of drug-likeness (QED) is 0.463. The lowest BCUT2D eigenvalue weighted by Gasteiger charge is -1.97. The van der Waals surface area contributed by atoms with Crippen LogP contribution in [0.3, 0.4) is 0 Å². The number of allylic oxidation sites excluding steroid dienone is 2. The van der Waals surface area contributed by atoms with E-state index in [-0.39, 0.29) is 0 Å². The van der Waals surface area contributed by atoms with Crippen LogP contribution in [0.5, 0.6) is 0 Å². The summed E-state index contributed by atoms with van der Waals surface area (Å²) in [6, 6.07) is 0. The zero-order chi connectivity index (χ0) is 6.32. The monoisotopic (exact) mass is 118 g/mol. The minimum Gasteiger partial charge on any atom is -0.0740 e. The molecule has 0 aliphatic heterocycles. The van der Waals surface area contributed by atoms with E-state index in [4.69, 9.17) is 0 Å². The molecule has 0 amide bonds. The Balaban J connectivity index is 2.20. The molecule has 1 spiro atoms. The summed E-state index contributed by atoms with van der Waals surface area (Å²) in [6.45, 7) is 2.25. The molecule has 0 heteroatoms. The van der Waals surface area contributed by atoms with Crippen molar-refractivity contribution in [3.63, 3.8) is 0 Å². The minimum absolute atomic E-state index is 0.439. The van der Waals surface area contributed by atoms with Gasteiger partial charge in [-0.05, 0) is 24.5 Å². The summed E-state index contributed by atoms with van der Waals surface area (Å²) in [4.78, 5) is 0. The van der Waals surface area contributed by atoms with Crippen LogP contribution in [0, 0.1) is 11.3 Å². The van der Waals surface area contributed by atoms with E-state index in [1.54, 1.807) is 0 Å². The highest BCUT2D eigenvalue weighted by molar-refractivity contribution is 5.27. The third-order valence-corrected chi connectivity index (χ3v) is 2.46. The molecule has 0 N–H and O–H groups in total. The predicted octanol–water partition coefficient (Wildman–Crippen LogP) is 2.28. The highest BCUT2D eigenvalue weighted by atomic mass is 14.5. The molecular weight excluding hydrogens is 108 g/mol. The Morgan fingerprint density at radius 3 is 2.67 bits per heavy atom. The summed E-state index contributed by atoms with van der Waals surface area (Å²) in [5.74, 6) is 0.903. The van der Waals surface area contributed by atoms with Crippen molar-refractivity contribution in [2.75, 3.05) is 0 Å². The van der Waals surface area contributed by atoms with Crippen LogP contribution in [-0.4, -0.2) is 0 Å². The van der Waals surface area contributed by atoms with Gasteiger partial charge < -0.3 is 0 Å². The van der Waals surface area contributed by atoms with Crippen LogP contribution < -0.4 is 0 Å². The molecule has 1 fully saturated rings. The van der Waals surface area contributed by atoms with Crippen molar-refractivity contribution >= 4 is 0 Å². The molecule has 0 nitrogen and oxygen atoms in total. The average molecular weight is 118 g/mol. The van der Waals surface area contributed by atoms with E-state index >= 15 is 0 Å². The van der Waals surface area contributed by atoms with E-state index in [1.807, 2.05) is 0 Å². The van der Waals surface area contributed by atoms with E-state index in [1.165, 1.54) is 12.8 Å². The first-order valence-electron chi connectivity index (χ1n) is 3.57. The fraction of sp³-hybridized carbons (Fsp3) is 0.556. The van der Waals surface area contributed by atoms with E-state index in [0.29, 0.717) is 5.41 Å². The van der Waals surface area contributed by atoms with Gasteiger partial charge in [0.05, 0.1) is 0 Å². The van der Waals surface area contributed by atoms with Gasteiger partial charge >= 0.3 is 0 Å². The Kier molecular flexibility index (Phi) is 0.805. The summed E-state index contributed by atoms with van der Waals surface area (Å²) >= 11 is 0. The van der Waals surface area contributed by atoms with Gasteiger partial charge in [-0.15, -0.1) is 0 Å². The second-order valence-electron chi connectivity index (χ2n) is 3.00. The maximum atomic E-state index is 3.01. The molecule has 0 heterocycles. The van der Waals surface area contributed by atoms with Crippen LogP contribution in [0.25, 0.3) is 0 Å². The first-order valence-corrected chi connectivity index (χ1v) is 3.57. The van der Waals surface area contributed by atoms with Gasteiger partial charge in [0, 0.05) is 5.41 Å². The molecule has 2 rings (SSSR count). The van der Waals surface area contributed by atoms with Crippen LogP contribution in [0.1, 0.15) is 19.8 Å². The molecule has 0 bridgehead atoms. The van der Waals surface area contributed by atoms with E-state index in [9.17, 15) is 0 Å². The Bertz CT molecular complexity index is 206. The fourth-order valence-corrected chi connectivity index (χ4v) is 1.64. The molecule has 0 saturated heterocycles. The second-order valence-corrected chi connectivity index (χ2v) is 3.00. The Morgan fingerprint density at radius 2 is 2.22 bits per heavy atom. The van der Waals surface area contributed by atoms with Crippen molar-refractivity contribution in [2.45, 2.75) is 19.8 Å². The van der Waals surface area contributed by atoms with Crippen LogP contribution >= 0.6 is 0 Å². The highest BCUT2D eigenvalue weighted by Crippen LogP contribution is 2.57. The summed E-state index contributed by atoms with van der Waals surface area (Å²) in [6.07, 6.45) is 6.97. The number of rotatable bonds is 1. The molecule has 0 aromatic rings. The highest BCUT2D eigenvalue weighted by Gasteiger charge is 2.49. The van der Waals surface area contributed by atoms with Gasteiger partial charge in [-0.1, -0.05) is 24.8 Å². The lowest BCUT2D eigenvalue weighted by molar-refractivity contribution is 0.674. The normalized spacial score (nSPS) is 32.3. The van der Waals surface area contributed by atoms with Gasteiger partial charge in [0.2, 0.25) is 0 Å². The molecule has 1 atom stereocenters. The van der Waals surface area contributed by atoms with Gasteiger partial charge in [-0.3, -0.25) is 0 Å². The number of hydrogen-bond donors (Lipinski definition) is 0. The van der Waals surface area contributed by atoms with Crippen LogP contribution in [0.2, 0.25) is 0 Å². The zero-order valence-corrected chi connectivity index (χ0v) is 5.65. The van der Waals surface area contributed by atoms with Crippen molar-refractivity contribution in [3.8, 4) is 0 Å². The Morgan fingerprint density at radius 1 is 1.56 bits per heavy atom. The molecule has 46 valence electrons. The molecule has 1 unspecified atom stereocenters. The molecule has 2 aliphatic rings. The average Bonchev–Trinajstić information content (AvgIpc) is 2.30. The van der Waals surface area contributed by atoms with Crippen LogP contribution in [0.4, 0.5) is 0 Å². The van der Waals surface area contributed by atoms with Crippen LogP contribution in [0.15, 0.2) is 23.6 Å². The molecular formula is C9H10. The first-order chi connectivity index (χ1) is 4.37. The van der Waals surface area contributed by atoms with Gasteiger partial charge in [0.1, 0.15) is 0 Å². The Labute approximate surface area is 55.6 Å². The smallest absolute Gasteiger partial charge is 0.0256 e. The zero-order valence-electron chi connectivity index (χ0n) is 5.65. The predicted molar refractivity (Wildman–Crippen MR) is 37.0 cm³/mol. The molecule has 0 aromatic carbocycles. The van der Waals surface area contributed by atoms with Gasteiger partial charge in [-0.25, -0.2) is 0 Å². The van der Waals surface area contributed by atoms with Crippen molar-refractivity contribution < 1.29 is 0 Å².